The molecule has 0 radical (unpaired) electrons. The highest BCUT2D eigenvalue weighted by Gasteiger charge is 2.41. The summed E-state index contributed by atoms with van der Waals surface area (Å²) in [4.78, 5) is 11.1. The van der Waals surface area contributed by atoms with Crippen LogP contribution in [0.5, 0.6) is 0 Å². The Morgan fingerprint density at radius 2 is 0.596 bits per heavy atom. The number of fused-ring (bicyclic) bond motifs is 22. The van der Waals surface area contributed by atoms with Gasteiger partial charge >= 0.3 is 0 Å². The van der Waals surface area contributed by atoms with Crippen molar-refractivity contribution in [1.82, 2.24) is 23.7 Å². The van der Waals surface area contributed by atoms with Gasteiger partial charge in [0.25, 0.3) is 0 Å². The number of para-hydroxylation sites is 3. The molecule has 3 aliphatic carbocycles. The lowest BCUT2D eigenvalue weighted by atomic mass is 9.80. The molecule has 0 saturated heterocycles. The zero-order valence-corrected chi connectivity index (χ0v) is 53.2. The van der Waals surface area contributed by atoms with Crippen LogP contribution in [0.15, 0.2) is 273 Å². The van der Waals surface area contributed by atoms with Crippen LogP contribution in [0.4, 0.5) is 0 Å². The van der Waals surface area contributed by atoms with Crippen molar-refractivity contribution >= 4 is 76.3 Å². The highest BCUT2D eigenvalue weighted by Crippen LogP contribution is 2.57. The Morgan fingerprint density at radius 1 is 0.255 bits per heavy atom. The van der Waals surface area contributed by atoms with E-state index in [0.717, 1.165) is 55.9 Å². The fourth-order valence-corrected chi connectivity index (χ4v) is 17.8. The van der Waals surface area contributed by atoms with Crippen LogP contribution in [0.2, 0.25) is 0 Å². The maximum absolute atomic E-state index is 5.64. The van der Waals surface area contributed by atoms with Crippen LogP contribution in [0.3, 0.4) is 0 Å². The zero-order chi connectivity index (χ0) is 62.7. The minimum absolute atomic E-state index is 0.143. The van der Waals surface area contributed by atoms with Crippen molar-refractivity contribution in [3.05, 3.63) is 306 Å². The Bertz CT molecular complexity index is 6160. The normalized spacial score (nSPS) is 14.5. The minimum atomic E-state index is -0.161. The third kappa shape index (κ3) is 7.08. The van der Waals surface area contributed by atoms with Gasteiger partial charge in [0.2, 0.25) is 0 Å². The van der Waals surface area contributed by atoms with Crippen molar-refractivity contribution in [1.29, 1.82) is 0 Å². The maximum Gasteiger partial charge on any atom is 0.160 e. The molecule has 5 heteroatoms. The fraction of sp³-hybridized carbons (Fsp3) is 0.101. The summed E-state index contributed by atoms with van der Waals surface area (Å²) in [6.45, 7) is 14.3. The Balaban J connectivity index is 0.720. The first-order valence-corrected chi connectivity index (χ1v) is 33.1. The molecule has 0 amide bonds. The van der Waals surface area contributed by atoms with Gasteiger partial charge < -0.3 is 13.7 Å². The smallest absolute Gasteiger partial charge is 0.160 e. The maximum atomic E-state index is 5.64. The second-order valence-corrected chi connectivity index (χ2v) is 28.0. The van der Waals surface area contributed by atoms with Crippen LogP contribution in [0.1, 0.15) is 74.9 Å². The largest absolute Gasteiger partial charge is 0.309 e. The van der Waals surface area contributed by atoms with Gasteiger partial charge in [-0.25, -0.2) is 9.97 Å². The van der Waals surface area contributed by atoms with Gasteiger partial charge in [-0.3, -0.25) is 0 Å². The Morgan fingerprint density at radius 3 is 1.00 bits per heavy atom. The van der Waals surface area contributed by atoms with Crippen molar-refractivity contribution in [2.45, 2.75) is 57.8 Å². The third-order valence-corrected chi connectivity index (χ3v) is 22.0. The van der Waals surface area contributed by atoms with E-state index in [9.17, 15) is 0 Å². The van der Waals surface area contributed by atoms with Gasteiger partial charge in [0.1, 0.15) is 0 Å². The summed E-state index contributed by atoms with van der Waals surface area (Å²) in [5.41, 5.74) is 32.4. The molecule has 94 heavy (non-hydrogen) atoms. The molecule has 13 aromatic carbocycles. The van der Waals surface area contributed by atoms with Crippen molar-refractivity contribution < 1.29 is 0 Å². The van der Waals surface area contributed by atoms with Crippen molar-refractivity contribution in [2.75, 3.05) is 0 Å². The highest BCUT2D eigenvalue weighted by molar-refractivity contribution is 6.17. The zero-order valence-electron chi connectivity index (χ0n) is 53.2. The molecular formula is C89H63N5. The predicted octanol–water partition coefficient (Wildman–Crippen LogP) is 22.8. The molecule has 5 nitrogen and oxygen atoms in total. The summed E-state index contributed by atoms with van der Waals surface area (Å²) in [5.74, 6) is 0.679. The molecule has 0 spiro atoms. The molecule has 3 aliphatic rings. The molecule has 17 aromatic rings. The Kier molecular flexibility index (Phi) is 10.7. The molecular weight excluding hydrogens is 1140 g/mol. The van der Waals surface area contributed by atoms with E-state index in [1.165, 1.54) is 132 Å². The van der Waals surface area contributed by atoms with Crippen LogP contribution in [-0.2, 0) is 16.2 Å². The van der Waals surface area contributed by atoms with E-state index >= 15 is 0 Å². The monoisotopic (exact) mass is 1200 g/mol. The Hall–Kier alpha value is -11.4. The first-order chi connectivity index (χ1) is 45.9. The predicted molar refractivity (Wildman–Crippen MR) is 392 cm³/mol. The summed E-state index contributed by atoms with van der Waals surface area (Å²) in [5, 5.41) is 8.78. The molecule has 0 aliphatic heterocycles. The number of nitrogens with zero attached hydrogens (tertiary/aromatic N) is 5. The van der Waals surface area contributed by atoms with Crippen LogP contribution in [0.25, 0.3) is 161 Å². The minimum Gasteiger partial charge on any atom is -0.309 e. The molecule has 20 rings (SSSR count). The summed E-state index contributed by atoms with van der Waals surface area (Å²) < 4.78 is 7.35. The molecule has 0 N–H and O–H groups in total. The standard InChI is InChI=1S/C89H63N5/c1-87(2)69-25-13-7-19-59(69)62-44-48-76-79(82(62)87)65-22-10-16-28-73(65)92(76)56-38-31-52(32-39-56)55-37-47-72-68(51-55)85(53-33-40-57(41-34-53)93-74-29-17-11-23-66(74)80-77(93)49-45-63-60-20-8-14-26-70(60)88(3,4)83(63)80)91-86(90-72)54-35-42-58(43-36-54)94-75-30-18-12-24-67(75)81-78(94)50-46-64-61-21-9-15-27-71(61)89(5,6)84(64)81/h7-51H,1-6H3. The molecule has 444 valence electrons. The molecule has 0 saturated carbocycles. The van der Waals surface area contributed by atoms with Crippen LogP contribution in [0, 0.1) is 0 Å². The second-order valence-electron chi connectivity index (χ2n) is 28.0. The Labute approximate surface area is 545 Å². The fourth-order valence-electron chi connectivity index (χ4n) is 17.8. The van der Waals surface area contributed by atoms with Crippen molar-refractivity contribution in [3.8, 4) is 84.2 Å². The second kappa shape index (κ2) is 18.9. The van der Waals surface area contributed by atoms with Gasteiger partial charge in [-0.2, -0.15) is 0 Å². The van der Waals surface area contributed by atoms with Crippen LogP contribution in [-0.4, -0.2) is 23.7 Å². The van der Waals surface area contributed by atoms with E-state index in [1.54, 1.807) is 0 Å². The summed E-state index contributed by atoms with van der Waals surface area (Å²) >= 11 is 0. The number of benzene rings is 13. The van der Waals surface area contributed by atoms with E-state index in [4.69, 9.17) is 9.97 Å². The van der Waals surface area contributed by atoms with Crippen LogP contribution >= 0.6 is 0 Å². The van der Waals surface area contributed by atoms with Gasteiger partial charge in [-0.15, -0.1) is 0 Å². The van der Waals surface area contributed by atoms with Crippen LogP contribution < -0.4 is 0 Å². The van der Waals surface area contributed by atoms with Gasteiger partial charge in [0.15, 0.2) is 5.82 Å². The van der Waals surface area contributed by atoms with Gasteiger partial charge in [0, 0.05) is 82.1 Å². The average Bonchev–Trinajstić information content (AvgIpc) is 1.55. The van der Waals surface area contributed by atoms with E-state index in [2.05, 4.69) is 328 Å². The molecule has 4 aromatic heterocycles. The molecule has 0 bridgehead atoms. The first kappa shape index (κ1) is 53.3. The third-order valence-electron chi connectivity index (χ3n) is 22.0. The lowest BCUT2D eigenvalue weighted by Crippen LogP contribution is -2.15. The van der Waals surface area contributed by atoms with Crippen molar-refractivity contribution in [2.24, 2.45) is 0 Å². The summed E-state index contributed by atoms with van der Waals surface area (Å²) in [6.07, 6.45) is 0. The van der Waals surface area contributed by atoms with E-state index in [0.29, 0.717) is 5.82 Å². The van der Waals surface area contributed by atoms with Gasteiger partial charge in [0.05, 0.1) is 44.3 Å². The SMILES string of the molecule is CC1(C)c2ccccc2-c2ccc3c(c21)c1ccccc1n3-c1ccc(-c2ccc3nc(-c4ccc(-n5c6ccccc6c6c7c(ccc65)-c5ccccc5C7(C)C)cc4)nc(-c4ccc(-n5c6ccccc6c6c7c(ccc65)-c5ccccc5C7(C)C)cc4)c3c2)cc1. The number of aromatic nitrogens is 5. The molecule has 0 fully saturated rings. The van der Waals surface area contributed by atoms with E-state index in [-0.39, 0.29) is 16.2 Å². The summed E-state index contributed by atoms with van der Waals surface area (Å²) in [7, 11) is 0. The van der Waals surface area contributed by atoms with Crippen molar-refractivity contribution in [3.63, 3.8) is 0 Å². The van der Waals surface area contributed by atoms with E-state index < -0.39 is 0 Å². The number of hydrogen-bond donors (Lipinski definition) is 0. The van der Waals surface area contributed by atoms with Gasteiger partial charge in [-0.1, -0.05) is 217 Å². The van der Waals surface area contributed by atoms with Gasteiger partial charge in [-0.05, 0) is 175 Å². The lowest BCUT2D eigenvalue weighted by molar-refractivity contribution is 0.666. The first-order valence-electron chi connectivity index (χ1n) is 33.1. The molecule has 0 unspecified atom stereocenters. The average molecular weight is 1200 g/mol. The topological polar surface area (TPSA) is 40.6 Å². The molecule has 4 heterocycles. The molecule has 0 atom stereocenters. The lowest BCUT2D eigenvalue weighted by Gasteiger charge is -2.22. The van der Waals surface area contributed by atoms with E-state index in [1.807, 2.05) is 0 Å². The highest BCUT2D eigenvalue weighted by atomic mass is 15.0. The number of hydrogen-bond acceptors (Lipinski definition) is 2. The quantitative estimate of drug-likeness (QED) is 0.166. The summed E-state index contributed by atoms with van der Waals surface area (Å²) in [6, 6.07) is 101. The number of rotatable bonds is 6.